The van der Waals surface area contributed by atoms with Gasteiger partial charge in [-0.2, -0.15) is 0 Å². The predicted octanol–water partition coefficient (Wildman–Crippen LogP) is 2.31. The third-order valence-corrected chi connectivity index (χ3v) is 5.44. The van der Waals surface area contributed by atoms with E-state index >= 15 is 0 Å². The lowest BCUT2D eigenvalue weighted by Gasteiger charge is -2.40. The van der Waals surface area contributed by atoms with E-state index in [0.29, 0.717) is 12.3 Å². The Kier molecular flexibility index (Phi) is 4.30. The molecule has 0 amide bonds. The molecule has 1 aliphatic carbocycles. The second kappa shape index (κ2) is 5.59. The van der Waals surface area contributed by atoms with Crippen molar-refractivity contribution < 1.29 is 8.42 Å². The SMILES string of the molecule is O=S(=O)(CCc1ccccc1)NC1(CCl)CCC1. The van der Waals surface area contributed by atoms with Crippen molar-refractivity contribution in [2.24, 2.45) is 0 Å². The maximum atomic E-state index is 12.0. The molecule has 0 unspecified atom stereocenters. The highest BCUT2D eigenvalue weighted by atomic mass is 35.5. The standard InChI is InChI=1S/C13H18ClNO2S/c14-11-13(8-4-9-13)15-18(16,17)10-7-12-5-2-1-3-6-12/h1-3,5-6,15H,4,7-11H2. The van der Waals surface area contributed by atoms with Gasteiger partial charge in [-0.05, 0) is 31.2 Å². The van der Waals surface area contributed by atoms with Gasteiger partial charge in [-0.15, -0.1) is 11.6 Å². The monoisotopic (exact) mass is 287 g/mol. The van der Waals surface area contributed by atoms with Crippen molar-refractivity contribution in [3.05, 3.63) is 35.9 Å². The molecule has 0 radical (unpaired) electrons. The minimum Gasteiger partial charge on any atom is -0.212 e. The summed E-state index contributed by atoms with van der Waals surface area (Å²) in [6, 6.07) is 9.64. The Morgan fingerprint density at radius 1 is 1.22 bits per heavy atom. The van der Waals surface area contributed by atoms with Crippen LogP contribution in [0, 0.1) is 0 Å². The van der Waals surface area contributed by atoms with Gasteiger partial charge in [0.25, 0.3) is 0 Å². The lowest BCUT2D eigenvalue weighted by atomic mass is 9.79. The molecule has 3 nitrogen and oxygen atoms in total. The summed E-state index contributed by atoms with van der Waals surface area (Å²) < 4.78 is 26.8. The molecule has 1 saturated carbocycles. The first-order valence-corrected chi connectivity index (χ1v) is 8.36. The van der Waals surface area contributed by atoms with Crippen LogP contribution in [0.25, 0.3) is 0 Å². The van der Waals surface area contributed by atoms with E-state index in [-0.39, 0.29) is 11.3 Å². The smallest absolute Gasteiger partial charge is 0.212 e. The van der Waals surface area contributed by atoms with Gasteiger partial charge in [-0.25, -0.2) is 13.1 Å². The van der Waals surface area contributed by atoms with Crippen LogP contribution in [0.1, 0.15) is 24.8 Å². The fraction of sp³-hybridized carbons (Fsp3) is 0.538. The van der Waals surface area contributed by atoms with Crippen molar-refractivity contribution in [1.82, 2.24) is 4.72 Å². The molecule has 18 heavy (non-hydrogen) atoms. The fourth-order valence-electron chi connectivity index (χ4n) is 2.14. The van der Waals surface area contributed by atoms with Gasteiger partial charge >= 0.3 is 0 Å². The van der Waals surface area contributed by atoms with Crippen LogP contribution in [0.2, 0.25) is 0 Å². The van der Waals surface area contributed by atoms with Crippen LogP contribution in [0.3, 0.4) is 0 Å². The second-order valence-electron chi connectivity index (χ2n) is 4.92. The normalized spacial score (nSPS) is 18.3. The van der Waals surface area contributed by atoms with Crippen molar-refractivity contribution >= 4 is 21.6 Å². The minimum absolute atomic E-state index is 0.121. The quantitative estimate of drug-likeness (QED) is 0.816. The van der Waals surface area contributed by atoms with E-state index in [1.807, 2.05) is 30.3 Å². The molecular weight excluding hydrogens is 270 g/mol. The zero-order valence-corrected chi connectivity index (χ0v) is 11.8. The van der Waals surface area contributed by atoms with Crippen LogP contribution in [-0.2, 0) is 16.4 Å². The minimum atomic E-state index is -3.24. The summed E-state index contributed by atoms with van der Waals surface area (Å²) in [6.45, 7) is 0. The highest BCUT2D eigenvalue weighted by Crippen LogP contribution is 2.33. The Balaban J connectivity index is 1.92. The molecule has 1 aromatic carbocycles. The van der Waals surface area contributed by atoms with E-state index in [9.17, 15) is 8.42 Å². The summed E-state index contributed by atoms with van der Waals surface area (Å²) >= 11 is 5.86. The van der Waals surface area contributed by atoms with Crippen molar-refractivity contribution in [3.63, 3.8) is 0 Å². The zero-order valence-electron chi connectivity index (χ0n) is 10.2. The third kappa shape index (κ3) is 3.46. The molecule has 0 heterocycles. The molecule has 2 rings (SSSR count). The first kappa shape index (κ1) is 13.8. The Morgan fingerprint density at radius 2 is 1.89 bits per heavy atom. The van der Waals surface area contributed by atoms with E-state index in [1.54, 1.807) is 0 Å². The Labute approximate surface area is 114 Å². The first-order chi connectivity index (χ1) is 8.55. The van der Waals surface area contributed by atoms with Crippen molar-refractivity contribution in [3.8, 4) is 0 Å². The molecule has 0 spiro atoms. The van der Waals surface area contributed by atoms with Crippen LogP contribution < -0.4 is 4.72 Å². The summed E-state index contributed by atoms with van der Waals surface area (Å²) in [5.74, 6) is 0.479. The van der Waals surface area contributed by atoms with Crippen LogP contribution in [0.4, 0.5) is 0 Å². The van der Waals surface area contributed by atoms with E-state index in [1.165, 1.54) is 0 Å². The van der Waals surface area contributed by atoms with E-state index in [0.717, 1.165) is 24.8 Å². The molecule has 0 bridgehead atoms. The molecule has 1 N–H and O–H groups in total. The summed E-state index contributed by atoms with van der Waals surface area (Å²) in [5, 5.41) is 0. The lowest BCUT2D eigenvalue weighted by Crippen LogP contribution is -2.55. The molecular formula is C13H18ClNO2S. The topological polar surface area (TPSA) is 46.2 Å². The average molecular weight is 288 g/mol. The van der Waals surface area contributed by atoms with Crippen LogP contribution in [0.15, 0.2) is 30.3 Å². The van der Waals surface area contributed by atoms with Gasteiger partial charge < -0.3 is 0 Å². The maximum absolute atomic E-state index is 12.0. The molecule has 0 saturated heterocycles. The number of benzene rings is 1. The second-order valence-corrected chi connectivity index (χ2v) is 7.03. The van der Waals surface area contributed by atoms with Crippen LogP contribution >= 0.6 is 11.6 Å². The predicted molar refractivity (Wildman–Crippen MR) is 74.4 cm³/mol. The lowest BCUT2D eigenvalue weighted by molar-refractivity contribution is 0.252. The van der Waals surface area contributed by atoms with Crippen LogP contribution in [-0.4, -0.2) is 25.6 Å². The van der Waals surface area contributed by atoms with Gasteiger partial charge in [0, 0.05) is 11.4 Å². The van der Waals surface area contributed by atoms with E-state index in [4.69, 9.17) is 11.6 Å². The van der Waals surface area contributed by atoms with Gasteiger partial charge in [0.15, 0.2) is 0 Å². The maximum Gasteiger partial charge on any atom is 0.212 e. The Morgan fingerprint density at radius 3 is 2.39 bits per heavy atom. The van der Waals surface area contributed by atoms with Gasteiger partial charge in [-0.1, -0.05) is 30.3 Å². The fourth-order valence-corrected chi connectivity index (χ4v) is 4.10. The molecule has 1 fully saturated rings. The molecule has 0 aliphatic heterocycles. The third-order valence-electron chi connectivity index (χ3n) is 3.44. The van der Waals surface area contributed by atoms with Gasteiger partial charge in [0.2, 0.25) is 10.0 Å². The first-order valence-electron chi connectivity index (χ1n) is 6.17. The van der Waals surface area contributed by atoms with E-state index < -0.39 is 10.0 Å². The Bertz CT molecular complexity index is 477. The summed E-state index contributed by atoms with van der Waals surface area (Å²) in [4.78, 5) is 0. The number of sulfonamides is 1. The average Bonchev–Trinajstić information content (AvgIpc) is 2.33. The van der Waals surface area contributed by atoms with Crippen molar-refractivity contribution in [1.29, 1.82) is 0 Å². The van der Waals surface area contributed by atoms with E-state index in [2.05, 4.69) is 4.72 Å². The van der Waals surface area contributed by atoms with Gasteiger partial charge in [0.05, 0.1) is 5.75 Å². The van der Waals surface area contributed by atoms with Gasteiger partial charge in [-0.3, -0.25) is 0 Å². The highest BCUT2D eigenvalue weighted by molar-refractivity contribution is 7.89. The number of hydrogen-bond donors (Lipinski definition) is 1. The number of alkyl halides is 1. The Hall–Kier alpha value is -0.580. The molecule has 1 aromatic rings. The molecule has 1 aliphatic rings. The zero-order chi connectivity index (χ0) is 13.1. The number of nitrogens with one attached hydrogen (secondary N) is 1. The summed E-state index contributed by atoms with van der Waals surface area (Å²) in [5.41, 5.74) is 0.660. The number of aryl methyl sites for hydroxylation is 1. The van der Waals surface area contributed by atoms with Crippen LogP contribution in [0.5, 0.6) is 0 Å². The molecule has 100 valence electrons. The molecule has 5 heteroatoms. The van der Waals surface area contributed by atoms with Gasteiger partial charge in [0.1, 0.15) is 0 Å². The largest absolute Gasteiger partial charge is 0.212 e. The van der Waals surface area contributed by atoms with Crippen molar-refractivity contribution in [2.75, 3.05) is 11.6 Å². The number of rotatable bonds is 6. The molecule has 0 atom stereocenters. The summed E-state index contributed by atoms with van der Waals surface area (Å²) in [7, 11) is -3.24. The number of halogens is 1. The van der Waals surface area contributed by atoms with Crippen molar-refractivity contribution in [2.45, 2.75) is 31.2 Å². The number of hydrogen-bond acceptors (Lipinski definition) is 2. The summed E-state index contributed by atoms with van der Waals surface area (Å²) in [6.07, 6.45) is 3.28. The molecule has 0 aromatic heterocycles. The highest BCUT2D eigenvalue weighted by Gasteiger charge is 2.39.